The number of rotatable bonds is 4. The van der Waals surface area contributed by atoms with Crippen molar-refractivity contribution in [1.29, 1.82) is 0 Å². The van der Waals surface area contributed by atoms with Gasteiger partial charge in [0, 0.05) is 39.2 Å². The van der Waals surface area contributed by atoms with Gasteiger partial charge in [-0.1, -0.05) is 12.1 Å². The van der Waals surface area contributed by atoms with Crippen LogP contribution >= 0.6 is 0 Å². The first kappa shape index (κ1) is 16.2. The summed E-state index contributed by atoms with van der Waals surface area (Å²) in [7, 11) is -1.43. The summed E-state index contributed by atoms with van der Waals surface area (Å²) in [5.74, 6) is 0. The highest BCUT2D eigenvalue weighted by atomic mass is 32.2. The zero-order valence-corrected chi connectivity index (χ0v) is 14.2. The summed E-state index contributed by atoms with van der Waals surface area (Å²) in [6, 6.07) is 9.11. The van der Waals surface area contributed by atoms with E-state index in [1.807, 2.05) is 29.1 Å². The van der Waals surface area contributed by atoms with E-state index in [2.05, 4.69) is 10.00 Å². The molecule has 3 rings (SSSR count). The second kappa shape index (κ2) is 6.43. The third kappa shape index (κ3) is 3.80. The second-order valence-electron chi connectivity index (χ2n) is 5.95. The van der Waals surface area contributed by atoms with Gasteiger partial charge in [-0.2, -0.15) is 5.10 Å². The fourth-order valence-electron chi connectivity index (χ4n) is 2.86. The topological polar surface area (TPSA) is 64.4 Å². The number of nitrogens with zero attached hydrogens (tertiary/aromatic N) is 3. The number of ether oxygens (including phenoxy) is 1. The number of sulfone groups is 1. The van der Waals surface area contributed by atoms with Crippen LogP contribution in [-0.4, -0.2) is 49.1 Å². The van der Waals surface area contributed by atoms with Crippen LogP contribution in [0.4, 0.5) is 0 Å². The van der Waals surface area contributed by atoms with Crippen molar-refractivity contribution in [3.8, 4) is 0 Å². The predicted molar refractivity (Wildman–Crippen MR) is 86.7 cm³/mol. The van der Waals surface area contributed by atoms with E-state index in [0.717, 1.165) is 37.4 Å². The normalized spacial score (nSPS) is 19.3. The highest BCUT2D eigenvalue weighted by molar-refractivity contribution is 7.90. The lowest BCUT2D eigenvalue weighted by molar-refractivity contribution is 0.0547. The molecule has 1 atom stereocenters. The molecule has 23 heavy (non-hydrogen) atoms. The van der Waals surface area contributed by atoms with Crippen LogP contribution in [0.25, 0.3) is 0 Å². The van der Waals surface area contributed by atoms with Gasteiger partial charge in [0.15, 0.2) is 9.84 Å². The zero-order valence-electron chi connectivity index (χ0n) is 13.3. The number of hydrogen-bond donors (Lipinski definition) is 0. The Balaban J connectivity index is 1.76. The number of benzene rings is 1. The number of fused-ring (bicyclic) bond motifs is 1. The molecule has 2 aromatic rings. The summed E-state index contributed by atoms with van der Waals surface area (Å²) in [6.07, 6.45) is 3.12. The van der Waals surface area contributed by atoms with Gasteiger partial charge < -0.3 is 4.74 Å². The molecule has 0 N–H and O–H groups in total. The van der Waals surface area contributed by atoms with Crippen LogP contribution in [0, 0.1) is 0 Å². The first-order valence-electron chi connectivity index (χ1n) is 7.50. The molecule has 0 saturated heterocycles. The molecule has 2 heterocycles. The van der Waals surface area contributed by atoms with Gasteiger partial charge in [0.25, 0.3) is 0 Å². The fourth-order valence-corrected chi connectivity index (χ4v) is 3.49. The van der Waals surface area contributed by atoms with Crippen molar-refractivity contribution >= 4 is 9.84 Å². The third-order valence-corrected chi connectivity index (χ3v) is 5.25. The Morgan fingerprint density at radius 1 is 1.22 bits per heavy atom. The Bertz CT molecular complexity index is 768. The highest BCUT2D eigenvalue weighted by Crippen LogP contribution is 2.17. The number of methoxy groups -OCH3 is 1. The molecule has 6 nitrogen and oxygen atoms in total. The first-order valence-corrected chi connectivity index (χ1v) is 9.39. The van der Waals surface area contributed by atoms with E-state index in [4.69, 9.17) is 4.74 Å². The molecule has 0 fully saturated rings. The van der Waals surface area contributed by atoms with Gasteiger partial charge in [-0.25, -0.2) is 8.42 Å². The van der Waals surface area contributed by atoms with Crippen molar-refractivity contribution in [2.75, 3.05) is 19.9 Å². The fraction of sp³-hybridized carbons (Fsp3) is 0.438. The molecule has 1 aliphatic heterocycles. The molecule has 0 amide bonds. The van der Waals surface area contributed by atoms with Crippen molar-refractivity contribution < 1.29 is 13.2 Å². The minimum atomic E-state index is -3.15. The lowest BCUT2D eigenvalue weighted by atomic mass is 10.2. The van der Waals surface area contributed by atoms with Crippen LogP contribution in [0.1, 0.15) is 11.3 Å². The van der Waals surface area contributed by atoms with Gasteiger partial charge in [0.1, 0.15) is 0 Å². The van der Waals surface area contributed by atoms with Gasteiger partial charge >= 0.3 is 0 Å². The van der Waals surface area contributed by atoms with Crippen molar-refractivity contribution in [2.24, 2.45) is 0 Å². The molecule has 124 valence electrons. The van der Waals surface area contributed by atoms with Crippen LogP contribution in [0.2, 0.25) is 0 Å². The van der Waals surface area contributed by atoms with Gasteiger partial charge in [0.05, 0.1) is 23.2 Å². The molecule has 0 radical (unpaired) electrons. The Kier molecular flexibility index (Phi) is 4.52. The Morgan fingerprint density at radius 2 is 1.96 bits per heavy atom. The minimum Gasteiger partial charge on any atom is -0.378 e. The molecule has 0 spiro atoms. The molecule has 1 aromatic heterocycles. The van der Waals surface area contributed by atoms with Crippen molar-refractivity contribution in [3.63, 3.8) is 0 Å². The largest absolute Gasteiger partial charge is 0.378 e. The summed E-state index contributed by atoms with van der Waals surface area (Å²) >= 11 is 0. The van der Waals surface area contributed by atoms with E-state index in [0.29, 0.717) is 4.90 Å². The van der Waals surface area contributed by atoms with Gasteiger partial charge in [-0.05, 0) is 23.8 Å². The van der Waals surface area contributed by atoms with Crippen LogP contribution in [0.15, 0.2) is 41.4 Å². The third-order valence-electron chi connectivity index (χ3n) is 4.12. The van der Waals surface area contributed by atoms with Crippen molar-refractivity contribution in [2.45, 2.75) is 30.6 Å². The summed E-state index contributed by atoms with van der Waals surface area (Å²) < 4.78 is 30.6. The van der Waals surface area contributed by atoms with Crippen LogP contribution < -0.4 is 0 Å². The molecule has 0 aliphatic carbocycles. The van der Waals surface area contributed by atoms with Crippen molar-refractivity contribution in [3.05, 3.63) is 47.8 Å². The predicted octanol–water partition coefficient (Wildman–Crippen LogP) is 1.32. The van der Waals surface area contributed by atoms with E-state index in [9.17, 15) is 8.42 Å². The average Bonchev–Trinajstić information content (AvgIpc) is 2.86. The van der Waals surface area contributed by atoms with E-state index >= 15 is 0 Å². The van der Waals surface area contributed by atoms with Crippen LogP contribution in [-0.2, 0) is 34.2 Å². The summed E-state index contributed by atoms with van der Waals surface area (Å²) in [6.45, 7) is 3.11. The Labute approximate surface area is 136 Å². The second-order valence-corrected chi connectivity index (χ2v) is 7.96. The summed E-state index contributed by atoms with van der Waals surface area (Å²) in [5.41, 5.74) is 2.25. The Hall–Kier alpha value is -1.70. The summed E-state index contributed by atoms with van der Waals surface area (Å²) in [4.78, 5) is 2.65. The number of aromatic nitrogens is 2. The van der Waals surface area contributed by atoms with Gasteiger partial charge in [-0.3, -0.25) is 9.58 Å². The van der Waals surface area contributed by atoms with E-state index in [-0.39, 0.29) is 6.10 Å². The smallest absolute Gasteiger partial charge is 0.175 e. The highest BCUT2D eigenvalue weighted by Gasteiger charge is 2.22. The maximum Gasteiger partial charge on any atom is 0.175 e. The zero-order chi connectivity index (χ0) is 16.4. The Morgan fingerprint density at radius 3 is 2.61 bits per heavy atom. The molecule has 1 aromatic carbocycles. The monoisotopic (exact) mass is 335 g/mol. The van der Waals surface area contributed by atoms with Crippen LogP contribution in [0.3, 0.4) is 0 Å². The average molecular weight is 335 g/mol. The van der Waals surface area contributed by atoms with Crippen LogP contribution in [0.5, 0.6) is 0 Å². The SMILES string of the molecule is COC1CN(Cc2ccc(S(C)(=O)=O)cc2)Cc2ccnn2C1. The number of hydrogen-bond acceptors (Lipinski definition) is 5. The molecule has 0 bridgehead atoms. The molecular weight excluding hydrogens is 314 g/mol. The first-order chi connectivity index (χ1) is 11.0. The van der Waals surface area contributed by atoms with E-state index in [1.165, 1.54) is 6.26 Å². The van der Waals surface area contributed by atoms with Gasteiger partial charge in [0.2, 0.25) is 0 Å². The minimum absolute atomic E-state index is 0.0893. The lowest BCUT2D eigenvalue weighted by Gasteiger charge is -2.23. The molecular formula is C16H21N3O3S. The molecule has 0 saturated carbocycles. The maximum absolute atomic E-state index is 11.5. The van der Waals surface area contributed by atoms with Crippen molar-refractivity contribution in [1.82, 2.24) is 14.7 Å². The van der Waals surface area contributed by atoms with Gasteiger partial charge in [-0.15, -0.1) is 0 Å². The maximum atomic E-state index is 11.5. The van der Waals surface area contributed by atoms with E-state index in [1.54, 1.807) is 19.2 Å². The van der Waals surface area contributed by atoms with E-state index < -0.39 is 9.84 Å². The standard InChI is InChI=1S/C16H21N3O3S/c1-22-15-11-18(10-14-7-8-17-19(14)12-15)9-13-3-5-16(6-4-13)23(2,20)21/h3-8,15H,9-12H2,1-2H3. The molecule has 1 unspecified atom stereocenters. The lowest BCUT2D eigenvalue weighted by Crippen LogP contribution is -2.32. The molecule has 1 aliphatic rings. The molecule has 7 heteroatoms. The summed E-state index contributed by atoms with van der Waals surface area (Å²) in [5, 5.41) is 4.34. The quantitative estimate of drug-likeness (QED) is 0.843.